The molecular weight excluding hydrogens is 188 g/mol. The summed E-state index contributed by atoms with van der Waals surface area (Å²) in [6.07, 6.45) is 6.67. The first kappa shape index (κ1) is 11.6. The summed E-state index contributed by atoms with van der Waals surface area (Å²) in [6.45, 7) is 11.2. The van der Waals surface area contributed by atoms with E-state index in [0.29, 0.717) is 5.92 Å². The number of rotatable bonds is 3. The molecule has 0 aromatic rings. The van der Waals surface area contributed by atoms with Crippen LogP contribution in [0.4, 0.5) is 0 Å². The molecule has 0 atom stereocenters. The van der Waals surface area contributed by atoms with Crippen molar-refractivity contribution in [1.82, 2.24) is 0 Å². The van der Waals surface area contributed by atoms with Gasteiger partial charge in [0.15, 0.2) is 0 Å². The van der Waals surface area contributed by atoms with Crippen molar-refractivity contribution in [3.8, 4) is 0 Å². The van der Waals surface area contributed by atoms with Crippen LogP contribution in [0.15, 0.2) is 23.5 Å². The predicted octanol–water partition coefficient (Wildman–Crippen LogP) is 4.10. The van der Waals surface area contributed by atoms with E-state index in [1.165, 1.54) is 12.2 Å². The van der Waals surface area contributed by atoms with Crippen molar-refractivity contribution >= 4 is 8.32 Å². The van der Waals surface area contributed by atoms with Crippen LogP contribution in [0.2, 0.25) is 19.6 Å². The first-order chi connectivity index (χ1) is 6.38. The van der Waals surface area contributed by atoms with Gasteiger partial charge in [0.1, 0.15) is 0 Å². The summed E-state index contributed by atoms with van der Waals surface area (Å²) in [4.78, 5) is 0. The monoisotopic (exact) mass is 210 g/mol. The van der Waals surface area contributed by atoms with E-state index >= 15 is 0 Å². The van der Waals surface area contributed by atoms with E-state index in [9.17, 15) is 0 Å². The van der Waals surface area contributed by atoms with Gasteiger partial charge >= 0.3 is 0 Å². The zero-order valence-electron chi connectivity index (χ0n) is 10.1. The molecule has 0 radical (unpaired) electrons. The van der Waals surface area contributed by atoms with Crippen molar-refractivity contribution in [2.24, 2.45) is 5.92 Å². The molecule has 0 spiro atoms. The van der Waals surface area contributed by atoms with Gasteiger partial charge in [-0.05, 0) is 38.1 Å². The lowest BCUT2D eigenvalue weighted by molar-refractivity contribution is 0.394. The van der Waals surface area contributed by atoms with Gasteiger partial charge in [-0.3, -0.25) is 0 Å². The Hall–Kier alpha value is -0.503. The van der Waals surface area contributed by atoms with Crippen molar-refractivity contribution in [3.63, 3.8) is 0 Å². The van der Waals surface area contributed by atoms with Gasteiger partial charge < -0.3 is 4.43 Å². The van der Waals surface area contributed by atoms with Crippen molar-refractivity contribution < 1.29 is 4.43 Å². The molecule has 0 aromatic heterocycles. The summed E-state index contributed by atoms with van der Waals surface area (Å²) in [7, 11) is -1.39. The lowest BCUT2D eigenvalue weighted by Gasteiger charge is -2.24. The summed E-state index contributed by atoms with van der Waals surface area (Å²) in [5.74, 6) is 1.87. The van der Waals surface area contributed by atoms with E-state index in [1.54, 1.807) is 5.57 Å². The van der Waals surface area contributed by atoms with E-state index in [-0.39, 0.29) is 0 Å². The van der Waals surface area contributed by atoms with Crippen molar-refractivity contribution in [1.29, 1.82) is 0 Å². The van der Waals surface area contributed by atoms with Crippen LogP contribution in [0.5, 0.6) is 0 Å². The molecule has 80 valence electrons. The molecule has 14 heavy (non-hydrogen) atoms. The zero-order valence-corrected chi connectivity index (χ0v) is 11.1. The summed E-state index contributed by atoms with van der Waals surface area (Å²) in [6, 6.07) is 0. The van der Waals surface area contributed by atoms with Gasteiger partial charge in [0.2, 0.25) is 8.32 Å². The highest BCUT2D eigenvalue weighted by Gasteiger charge is 2.19. The SMILES string of the molecule is CC(C)C1=CC=C(O[Si](C)(C)C)CC1. The van der Waals surface area contributed by atoms with Crippen LogP contribution < -0.4 is 0 Å². The van der Waals surface area contributed by atoms with Gasteiger partial charge in [0, 0.05) is 6.42 Å². The molecule has 1 aliphatic rings. The third-order valence-corrected chi connectivity index (χ3v) is 3.20. The number of hydrogen-bond acceptors (Lipinski definition) is 1. The van der Waals surface area contributed by atoms with E-state index in [1.807, 2.05) is 0 Å². The summed E-state index contributed by atoms with van der Waals surface area (Å²) < 4.78 is 5.96. The van der Waals surface area contributed by atoms with Crippen LogP contribution in [-0.4, -0.2) is 8.32 Å². The maximum absolute atomic E-state index is 5.96. The molecular formula is C12H22OSi. The second-order valence-electron chi connectivity index (χ2n) is 5.24. The summed E-state index contributed by atoms with van der Waals surface area (Å²) in [5, 5.41) is 0. The third kappa shape index (κ3) is 3.70. The van der Waals surface area contributed by atoms with Crippen molar-refractivity contribution in [3.05, 3.63) is 23.5 Å². The first-order valence-electron chi connectivity index (χ1n) is 5.47. The molecule has 0 N–H and O–H groups in total. The average molecular weight is 210 g/mol. The Morgan fingerprint density at radius 3 is 2.14 bits per heavy atom. The molecule has 0 bridgehead atoms. The zero-order chi connectivity index (χ0) is 10.8. The molecule has 0 saturated carbocycles. The predicted molar refractivity (Wildman–Crippen MR) is 64.7 cm³/mol. The lowest BCUT2D eigenvalue weighted by Crippen LogP contribution is -2.25. The lowest BCUT2D eigenvalue weighted by atomic mass is 9.94. The molecule has 2 heteroatoms. The molecule has 0 amide bonds. The molecule has 0 heterocycles. The van der Waals surface area contributed by atoms with E-state index in [4.69, 9.17) is 4.43 Å². The molecule has 0 saturated heterocycles. The Labute approximate surface area is 89.0 Å². The molecule has 0 aromatic carbocycles. The minimum atomic E-state index is -1.39. The van der Waals surface area contributed by atoms with E-state index in [2.05, 4.69) is 45.6 Å². The van der Waals surface area contributed by atoms with Crippen LogP contribution in [-0.2, 0) is 4.43 Å². The van der Waals surface area contributed by atoms with Crippen LogP contribution in [0.3, 0.4) is 0 Å². The minimum Gasteiger partial charge on any atom is -0.547 e. The fourth-order valence-corrected chi connectivity index (χ4v) is 2.55. The largest absolute Gasteiger partial charge is 0.547 e. The van der Waals surface area contributed by atoms with Crippen LogP contribution in [0, 0.1) is 5.92 Å². The van der Waals surface area contributed by atoms with Gasteiger partial charge in [-0.1, -0.05) is 25.5 Å². The smallest absolute Gasteiger partial charge is 0.241 e. The quantitative estimate of drug-likeness (QED) is 0.637. The Morgan fingerprint density at radius 1 is 1.14 bits per heavy atom. The molecule has 0 fully saturated rings. The van der Waals surface area contributed by atoms with Gasteiger partial charge in [0.25, 0.3) is 0 Å². The van der Waals surface area contributed by atoms with Crippen LogP contribution in [0.25, 0.3) is 0 Å². The second kappa shape index (κ2) is 4.35. The fourth-order valence-electron chi connectivity index (χ4n) is 1.59. The van der Waals surface area contributed by atoms with Crippen LogP contribution in [0.1, 0.15) is 26.7 Å². The minimum absolute atomic E-state index is 0.680. The first-order valence-corrected chi connectivity index (χ1v) is 8.88. The van der Waals surface area contributed by atoms with Gasteiger partial charge in [-0.2, -0.15) is 0 Å². The van der Waals surface area contributed by atoms with Crippen LogP contribution >= 0.6 is 0 Å². The van der Waals surface area contributed by atoms with Gasteiger partial charge in [-0.25, -0.2) is 0 Å². The Morgan fingerprint density at radius 2 is 1.79 bits per heavy atom. The normalized spacial score (nSPS) is 17.9. The fraction of sp³-hybridized carbons (Fsp3) is 0.667. The topological polar surface area (TPSA) is 9.23 Å². The Balaban J connectivity index is 2.60. The van der Waals surface area contributed by atoms with Crippen molar-refractivity contribution in [2.45, 2.75) is 46.3 Å². The molecule has 0 aliphatic heterocycles. The molecule has 1 aliphatic carbocycles. The molecule has 1 rings (SSSR count). The summed E-state index contributed by atoms with van der Waals surface area (Å²) in [5.41, 5.74) is 1.55. The van der Waals surface area contributed by atoms with E-state index < -0.39 is 8.32 Å². The number of hydrogen-bond donors (Lipinski definition) is 0. The van der Waals surface area contributed by atoms with Crippen molar-refractivity contribution in [2.75, 3.05) is 0 Å². The Bertz CT molecular complexity index is 256. The standard InChI is InChI=1S/C12H22OSi/c1-10(2)11-6-8-12(9-7-11)13-14(3,4)5/h6,8,10H,7,9H2,1-5H3. The second-order valence-corrected chi connectivity index (χ2v) is 9.67. The van der Waals surface area contributed by atoms with Gasteiger partial charge in [0.05, 0.1) is 5.76 Å². The highest BCUT2D eigenvalue weighted by Crippen LogP contribution is 2.26. The average Bonchev–Trinajstić information content (AvgIpc) is 2.02. The summed E-state index contributed by atoms with van der Waals surface area (Å²) >= 11 is 0. The maximum atomic E-state index is 5.96. The Kier molecular flexibility index (Phi) is 3.59. The molecule has 0 unspecified atom stereocenters. The third-order valence-electron chi connectivity index (χ3n) is 2.32. The highest BCUT2D eigenvalue weighted by atomic mass is 28.4. The van der Waals surface area contributed by atoms with Gasteiger partial charge in [-0.15, -0.1) is 0 Å². The van der Waals surface area contributed by atoms with E-state index in [0.717, 1.165) is 6.42 Å². The highest BCUT2D eigenvalue weighted by molar-refractivity contribution is 6.70. The maximum Gasteiger partial charge on any atom is 0.241 e. The number of allylic oxidation sites excluding steroid dienone is 4. The molecule has 1 nitrogen and oxygen atoms in total.